The molecule has 0 aromatic heterocycles. The summed E-state index contributed by atoms with van der Waals surface area (Å²) in [6.07, 6.45) is 5.54. The summed E-state index contributed by atoms with van der Waals surface area (Å²) in [5.41, 5.74) is 1.08. The van der Waals surface area contributed by atoms with Gasteiger partial charge in [-0.15, -0.1) is 0 Å². The van der Waals surface area contributed by atoms with Gasteiger partial charge in [0.25, 0.3) is 0 Å². The van der Waals surface area contributed by atoms with Gasteiger partial charge >= 0.3 is 6.03 Å². The van der Waals surface area contributed by atoms with Crippen molar-refractivity contribution in [2.45, 2.75) is 38.1 Å². The Morgan fingerprint density at radius 2 is 1.78 bits per heavy atom. The number of carbonyl (C=O) groups is 2. The van der Waals surface area contributed by atoms with Crippen molar-refractivity contribution < 1.29 is 14.3 Å². The number of anilines is 1. The summed E-state index contributed by atoms with van der Waals surface area (Å²) in [5, 5.41) is 5.39. The fourth-order valence-electron chi connectivity index (χ4n) is 3.88. The molecule has 3 rings (SSSR count). The van der Waals surface area contributed by atoms with Crippen LogP contribution in [0, 0.1) is 0 Å². The molecule has 7 heteroatoms. The van der Waals surface area contributed by atoms with Crippen LogP contribution in [0.5, 0.6) is 5.75 Å². The van der Waals surface area contributed by atoms with Gasteiger partial charge in [0.2, 0.25) is 5.91 Å². The molecule has 2 fully saturated rings. The van der Waals surface area contributed by atoms with Crippen molar-refractivity contribution in [1.82, 2.24) is 15.5 Å². The Balaban J connectivity index is 1.40. The number of imide groups is 1. The predicted molar refractivity (Wildman–Crippen MR) is 105 cm³/mol. The number of para-hydroxylation sites is 2. The minimum atomic E-state index is -0.362. The molecular weight excluding hydrogens is 344 g/mol. The molecule has 2 aliphatic rings. The van der Waals surface area contributed by atoms with Gasteiger partial charge in [0, 0.05) is 32.2 Å². The Hall–Kier alpha value is -2.28. The third-order valence-corrected chi connectivity index (χ3v) is 5.36. The largest absolute Gasteiger partial charge is 0.495 e. The van der Waals surface area contributed by atoms with Crippen LogP contribution in [0.15, 0.2) is 24.3 Å². The van der Waals surface area contributed by atoms with Crippen LogP contribution in [0.25, 0.3) is 0 Å². The molecule has 1 heterocycles. The van der Waals surface area contributed by atoms with E-state index in [1.807, 2.05) is 18.2 Å². The molecule has 0 bridgehead atoms. The van der Waals surface area contributed by atoms with E-state index in [9.17, 15) is 9.59 Å². The quantitative estimate of drug-likeness (QED) is 0.824. The average Bonchev–Trinajstić information content (AvgIpc) is 2.69. The normalized spacial score (nSPS) is 18.8. The van der Waals surface area contributed by atoms with E-state index in [2.05, 4.69) is 26.5 Å². The number of hydrogen-bond donors (Lipinski definition) is 2. The van der Waals surface area contributed by atoms with Crippen LogP contribution in [0.1, 0.15) is 32.1 Å². The summed E-state index contributed by atoms with van der Waals surface area (Å²) in [6.45, 7) is 3.44. The number of amides is 3. The van der Waals surface area contributed by atoms with Gasteiger partial charge in [-0.05, 0) is 25.0 Å². The molecule has 7 nitrogen and oxygen atoms in total. The van der Waals surface area contributed by atoms with Gasteiger partial charge < -0.3 is 15.0 Å². The average molecular weight is 374 g/mol. The summed E-state index contributed by atoms with van der Waals surface area (Å²) < 4.78 is 5.43. The van der Waals surface area contributed by atoms with Crippen LogP contribution < -0.4 is 20.3 Å². The summed E-state index contributed by atoms with van der Waals surface area (Å²) in [5.74, 6) is 0.622. The van der Waals surface area contributed by atoms with Crippen LogP contribution in [0.3, 0.4) is 0 Å². The zero-order valence-electron chi connectivity index (χ0n) is 16.1. The molecule has 1 aromatic rings. The highest BCUT2D eigenvalue weighted by Gasteiger charge is 2.22. The standard InChI is InChI=1S/C20H30N4O3/c1-27-18-10-6-5-9-17(18)24-13-11-23(12-14-24)15-19(25)22-20(26)21-16-7-3-2-4-8-16/h5-6,9-10,16H,2-4,7-8,11-15H2,1H3,(H2,21,22,25,26). The SMILES string of the molecule is COc1ccccc1N1CCN(CC(=O)NC(=O)NC2CCCCC2)CC1. The highest BCUT2D eigenvalue weighted by atomic mass is 16.5. The van der Waals surface area contributed by atoms with Gasteiger partial charge in [-0.2, -0.15) is 0 Å². The first kappa shape index (κ1) is 19.5. The van der Waals surface area contributed by atoms with Crippen molar-refractivity contribution in [2.75, 3.05) is 44.7 Å². The van der Waals surface area contributed by atoms with Crippen LogP contribution in [-0.2, 0) is 4.79 Å². The van der Waals surface area contributed by atoms with Crippen molar-refractivity contribution >= 4 is 17.6 Å². The lowest BCUT2D eigenvalue weighted by Crippen LogP contribution is -2.52. The Labute approximate surface area is 161 Å². The molecule has 148 valence electrons. The topological polar surface area (TPSA) is 73.9 Å². The van der Waals surface area contributed by atoms with E-state index < -0.39 is 0 Å². The van der Waals surface area contributed by atoms with E-state index in [0.717, 1.165) is 63.3 Å². The second-order valence-electron chi connectivity index (χ2n) is 7.29. The molecular formula is C20H30N4O3. The number of carbonyl (C=O) groups excluding carboxylic acids is 2. The maximum Gasteiger partial charge on any atom is 0.321 e. The molecule has 0 radical (unpaired) electrons. The molecule has 3 amide bonds. The molecule has 0 unspecified atom stereocenters. The van der Waals surface area contributed by atoms with E-state index in [1.165, 1.54) is 6.42 Å². The highest BCUT2D eigenvalue weighted by molar-refractivity contribution is 5.95. The molecule has 0 spiro atoms. The molecule has 2 N–H and O–H groups in total. The molecule has 1 aromatic carbocycles. The number of ether oxygens (including phenoxy) is 1. The van der Waals surface area contributed by atoms with Crippen LogP contribution in [0.4, 0.5) is 10.5 Å². The molecule has 27 heavy (non-hydrogen) atoms. The fourth-order valence-corrected chi connectivity index (χ4v) is 3.88. The van der Waals surface area contributed by atoms with Gasteiger partial charge in [-0.1, -0.05) is 31.4 Å². The fraction of sp³-hybridized carbons (Fsp3) is 0.600. The maximum atomic E-state index is 12.2. The van der Waals surface area contributed by atoms with E-state index in [-0.39, 0.29) is 24.5 Å². The van der Waals surface area contributed by atoms with Crippen molar-refractivity contribution in [1.29, 1.82) is 0 Å². The molecule has 1 aliphatic carbocycles. The predicted octanol–water partition coefficient (Wildman–Crippen LogP) is 1.98. The van der Waals surface area contributed by atoms with Crippen molar-refractivity contribution in [3.8, 4) is 5.75 Å². The molecule has 1 saturated carbocycles. The zero-order chi connectivity index (χ0) is 19.1. The Kier molecular flexibility index (Phi) is 6.92. The summed E-state index contributed by atoms with van der Waals surface area (Å²) in [7, 11) is 1.68. The number of nitrogens with one attached hydrogen (secondary N) is 2. The first-order chi connectivity index (χ1) is 13.2. The Morgan fingerprint density at radius 3 is 2.48 bits per heavy atom. The number of piperazine rings is 1. The monoisotopic (exact) mass is 374 g/mol. The summed E-state index contributed by atoms with van der Waals surface area (Å²) in [6, 6.07) is 7.82. The first-order valence-corrected chi connectivity index (χ1v) is 9.86. The smallest absolute Gasteiger partial charge is 0.321 e. The van der Waals surface area contributed by atoms with E-state index in [1.54, 1.807) is 7.11 Å². The molecule has 1 saturated heterocycles. The highest BCUT2D eigenvalue weighted by Crippen LogP contribution is 2.28. The van der Waals surface area contributed by atoms with Crippen molar-refractivity contribution in [3.63, 3.8) is 0 Å². The van der Waals surface area contributed by atoms with Gasteiger partial charge in [-0.25, -0.2) is 4.79 Å². The molecule has 0 atom stereocenters. The lowest BCUT2D eigenvalue weighted by atomic mass is 9.96. The summed E-state index contributed by atoms with van der Waals surface area (Å²) >= 11 is 0. The Morgan fingerprint density at radius 1 is 1.07 bits per heavy atom. The summed E-state index contributed by atoms with van der Waals surface area (Å²) in [4.78, 5) is 28.5. The number of hydrogen-bond acceptors (Lipinski definition) is 5. The lowest BCUT2D eigenvalue weighted by Gasteiger charge is -2.36. The van der Waals surface area contributed by atoms with Crippen LogP contribution >= 0.6 is 0 Å². The van der Waals surface area contributed by atoms with Gasteiger partial charge in [0.1, 0.15) is 5.75 Å². The number of urea groups is 1. The van der Waals surface area contributed by atoms with E-state index in [4.69, 9.17) is 4.74 Å². The zero-order valence-corrected chi connectivity index (χ0v) is 16.1. The van der Waals surface area contributed by atoms with Gasteiger partial charge in [0.05, 0.1) is 19.3 Å². The third-order valence-electron chi connectivity index (χ3n) is 5.36. The van der Waals surface area contributed by atoms with E-state index >= 15 is 0 Å². The van der Waals surface area contributed by atoms with Gasteiger partial charge in [-0.3, -0.25) is 15.0 Å². The first-order valence-electron chi connectivity index (χ1n) is 9.86. The van der Waals surface area contributed by atoms with E-state index in [0.29, 0.717) is 0 Å². The van der Waals surface area contributed by atoms with Crippen LogP contribution in [-0.4, -0.2) is 62.7 Å². The van der Waals surface area contributed by atoms with Gasteiger partial charge in [0.15, 0.2) is 0 Å². The Bertz CT molecular complexity index is 638. The van der Waals surface area contributed by atoms with Crippen LogP contribution in [0.2, 0.25) is 0 Å². The molecule has 1 aliphatic heterocycles. The van der Waals surface area contributed by atoms with Crippen molar-refractivity contribution in [3.05, 3.63) is 24.3 Å². The number of nitrogens with zero attached hydrogens (tertiary/aromatic N) is 2. The minimum absolute atomic E-state index is 0.205. The second-order valence-corrected chi connectivity index (χ2v) is 7.29. The lowest BCUT2D eigenvalue weighted by molar-refractivity contribution is -0.121. The third kappa shape index (κ3) is 5.60. The van der Waals surface area contributed by atoms with Crippen molar-refractivity contribution in [2.24, 2.45) is 0 Å². The minimum Gasteiger partial charge on any atom is -0.495 e. The number of benzene rings is 1. The second kappa shape index (κ2) is 9.60. The maximum absolute atomic E-state index is 12.2. The number of rotatable bonds is 5. The number of methoxy groups -OCH3 is 1.